The first kappa shape index (κ1) is 15.0. The number of hydrogen-bond acceptors (Lipinski definition) is 3. The van der Waals surface area contributed by atoms with Crippen LogP contribution in [0, 0.1) is 0 Å². The van der Waals surface area contributed by atoms with Crippen LogP contribution >= 0.6 is 0 Å². The molecule has 20 heavy (non-hydrogen) atoms. The summed E-state index contributed by atoms with van der Waals surface area (Å²) in [7, 11) is 0. The lowest BCUT2D eigenvalue weighted by Crippen LogP contribution is -2.32. The fourth-order valence-corrected chi connectivity index (χ4v) is 2.63. The summed E-state index contributed by atoms with van der Waals surface area (Å²) < 4.78 is 5.43. The zero-order valence-corrected chi connectivity index (χ0v) is 12.3. The van der Waals surface area contributed by atoms with E-state index in [4.69, 9.17) is 10.5 Å². The van der Waals surface area contributed by atoms with E-state index >= 15 is 0 Å². The third-order valence-corrected chi connectivity index (χ3v) is 3.71. The number of hydrogen-bond donors (Lipinski definition) is 1. The van der Waals surface area contributed by atoms with Crippen LogP contribution in [-0.2, 0) is 9.53 Å². The van der Waals surface area contributed by atoms with Gasteiger partial charge in [-0.05, 0) is 19.4 Å². The molecule has 0 bridgehead atoms. The molecule has 2 atom stereocenters. The minimum absolute atomic E-state index is 0.0207. The Morgan fingerprint density at radius 2 is 2.05 bits per heavy atom. The van der Waals surface area contributed by atoms with Crippen LogP contribution in [0.2, 0.25) is 0 Å². The maximum absolute atomic E-state index is 12.1. The van der Waals surface area contributed by atoms with Crippen molar-refractivity contribution >= 4 is 5.91 Å². The van der Waals surface area contributed by atoms with Crippen LogP contribution in [0.3, 0.4) is 0 Å². The average Bonchev–Trinajstić information content (AvgIpc) is 2.81. The topological polar surface area (TPSA) is 55.6 Å². The first-order valence-electron chi connectivity index (χ1n) is 7.28. The van der Waals surface area contributed by atoms with Crippen LogP contribution < -0.4 is 5.73 Å². The van der Waals surface area contributed by atoms with Crippen molar-refractivity contribution in [1.82, 2.24) is 4.90 Å². The lowest BCUT2D eigenvalue weighted by atomic mass is 9.95. The summed E-state index contributed by atoms with van der Waals surface area (Å²) in [6.45, 7) is 5.79. The van der Waals surface area contributed by atoms with Gasteiger partial charge in [0.15, 0.2) is 0 Å². The van der Waals surface area contributed by atoms with Crippen molar-refractivity contribution < 1.29 is 9.53 Å². The monoisotopic (exact) mass is 276 g/mol. The van der Waals surface area contributed by atoms with E-state index in [2.05, 4.69) is 12.1 Å². The smallest absolute Gasteiger partial charge is 0.224 e. The van der Waals surface area contributed by atoms with E-state index in [0.29, 0.717) is 26.1 Å². The number of nitrogens with zero attached hydrogens (tertiary/aromatic N) is 1. The molecule has 1 aromatic carbocycles. The zero-order valence-electron chi connectivity index (χ0n) is 12.3. The van der Waals surface area contributed by atoms with Gasteiger partial charge in [0.25, 0.3) is 0 Å². The van der Waals surface area contributed by atoms with Gasteiger partial charge in [-0.1, -0.05) is 30.3 Å². The van der Waals surface area contributed by atoms with Crippen molar-refractivity contribution in [3.8, 4) is 0 Å². The standard InChI is InChI=1S/C16H24N2O2/c1-12(2)20-9-8-16(19)18-10-14(15(17)11-18)13-6-4-3-5-7-13/h3-7,12,14-15H,8-11,17H2,1-2H3/t14-,15+/m0/s1. The lowest BCUT2D eigenvalue weighted by Gasteiger charge is -2.17. The Labute approximate surface area is 120 Å². The van der Waals surface area contributed by atoms with E-state index in [0.717, 1.165) is 0 Å². The van der Waals surface area contributed by atoms with Gasteiger partial charge in [-0.2, -0.15) is 0 Å². The Morgan fingerprint density at radius 3 is 2.70 bits per heavy atom. The van der Waals surface area contributed by atoms with Crippen LogP contribution in [0.15, 0.2) is 30.3 Å². The van der Waals surface area contributed by atoms with Crippen LogP contribution in [0.1, 0.15) is 31.7 Å². The van der Waals surface area contributed by atoms with E-state index < -0.39 is 0 Å². The quantitative estimate of drug-likeness (QED) is 0.891. The number of ether oxygens (including phenoxy) is 1. The fourth-order valence-electron chi connectivity index (χ4n) is 2.63. The van der Waals surface area contributed by atoms with E-state index in [-0.39, 0.29) is 24.0 Å². The summed E-state index contributed by atoms with van der Waals surface area (Å²) in [4.78, 5) is 14.0. The van der Waals surface area contributed by atoms with Crippen molar-refractivity contribution in [2.45, 2.75) is 38.3 Å². The van der Waals surface area contributed by atoms with Gasteiger partial charge in [-0.3, -0.25) is 4.79 Å². The highest BCUT2D eigenvalue weighted by Gasteiger charge is 2.33. The van der Waals surface area contributed by atoms with Gasteiger partial charge in [-0.15, -0.1) is 0 Å². The maximum atomic E-state index is 12.1. The molecule has 1 amide bonds. The third kappa shape index (κ3) is 3.81. The first-order chi connectivity index (χ1) is 9.58. The van der Waals surface area contributed by atoms with Gasteiger partial charge in [0.2, 0.25) is 5.91 Å². The molecular weight excluding hydrogens is 252 g/mol. The lowest BCUT2D eigenvalue weighted by molar-refractivity contribution is -0.131. The summed E-state index contributed by atoms with van der Waals surface area (Å²) in [5.41, 5.74) is 7.41. The number of nitrogens with two attached hydrogens (primary N) is 1. The molecule has 0 unspecified atom stereocenters. The summed E-state index contributed by atoms with van der Waals surface area (Å²) >= 11 is 0. The van der Waals surface area contributed by atoms with Crippen LogP contribution in [0.25, 0.3) is 0 Å². The number of carbonyl (C=O) groups excluding carboxylic acids is 1. The Kier molecular flexibility index (Phi) is 5.15. The number of likely N-dealkylation sites (tertiary alicyclic amines) is 1. The van der Waals surface area contributed by atoms with Crippen LogP contribution in [0.5, 0.6) is 0 Å². The molecule has 0 radical (unpaired) electrons. The summed E-state index contributed by atoms with van der Waals surface area (Å²) in [6, 6.07) is 10.2. The second-order valence-corrected chi connectivity index (χ2v) is 5.65. The SMILES string of the molecule is CC(C)OCCC(=O)N1C[C@@H](N)[C@H](c2ccccc2)C1. The highest BCUT2D eigenvalue weighted by molar-refractivity contribution is 5.76. The molecule has 4 heteroatoms. The molecule has 1 aromatic rings. The number of carbonyl (C=O) groups is 1. The molecule has 1 fully saturated rings. The molecule has 0 spiro atoms. The Balaban J connectivity index is 1.88. The van der Waals surface area contributed by atoms with E-state index in [9.17, 15) is 4.79 Å². The van der Waals surface area contributed by atoms with Gasteiger partial charge in [0, 0.05) is 25.0 Å². The molecule has 1 aliphatic heterocycles. The second kappa shape index (κ2) is 6.86. The summed E-state index contributed by atoms with van der Waals surface area (Å²) in [5.74, 6) is 0.380. The van der Waals surface area contributed by atoms with Crippen molar-refractivity contribution in [3.05, 3.63) is 35.9 Å². The fraction of sp³-hybridized carbons (Fsp3) is 0.562. The van der Waals surface area contributed by atoms with Gasteiger partial charge in [0.1, 0.15) is 0 Å². The summed E-state index contributed by atoms with van der Waals surface area (Å²) in [6.07, 6.45) is 0.604. The van der Waals surface area contributed by atoms with Crippen molar-refractivity contribution in [1.29, 1.82) is 0 Å². The summed E-state index contributed by atoms with van der Waals surface area (Å²) in [5, 5.41) is 0. The van der Waals surface area contributed by atoms with E-state index in [1.807, 2.05) is 36.9 Å². The highest BCUT2D eigenvalue weighted by atomic mass is 16.5. The molecule has 0 saturated carbocycles. The predicted octanol–water partition coefficient (Wildman–Crippen LogP) is 1.75. The largest absolute Gasteiger partial charge is 0.378 e. The Morgan fingerprint density at radius 1 is 1.35 bits per heavy atom. The van der Waals surface area contributed by atoms with E-state index in [1.54, 1.807) is 0 Å². The molecule has 2 rings (SSSR count). The number of rotatable bonds is 5. The first-order valence-corrected chi connectivity index (χ1v) is 7.28. The normalized spacial score (nSPS) is 22.5. The molecule has 0 aliphatic carbocycles. The molecule has 4 nitrogen and oxygen atoms in total. The Hall–Kier alpha value is -1.39. The molecule has 1 aliphatic rings. The van der Waals surface area contributed by atoms with Gasteiger partial charge in [0.05, 0.1) is 19.1 Å². The Bertz CT molecular complexity index is 433. The molecule has 1 heterocycles. The van der Waals surface area contributed by atoms with Crippen LogP contribution in [-0.4, -0.2) is 42.6 Å². The minimum atomic E-state index is 0.0207. The predicted molar refractivity (Wildman–Crippen MR) is 79.4 cm³/mol. The molecule has 1 saturated heterocycles. The number of benzene rings is 1. The zero-order chi connectivity index (χ0) is 14.5. The molecular formula is C16H24N2O2. The van der Waals surface area contributed by atoms with Gasteiger partial charge in [-0.25, -0.2) is 0 Å². The molecule has 0 aromatic heterocycles. The minimum Gasteiger partial charge on any atom is -0.378 e. The highest BCUT2D eigenvalue weighted by Crippen LogP contribution is 2.26. The number of amides is 1. The molecule has 2 N–H and O–H groups in total. The van der Waals surface area contributed by atoms with Gasteiger partial charge >= 0.3 is 0 Å². The van der Waals surface area contributed by atoms with Crippen molar-refractivity contribution in [2.24, 2.45) is 5.73 Å². The third-order valence-electron chi connectivity index (χ3n) is 3.71. The second-order valence-electron chi connectivity index (χ2n) is 5.65. The maximum Gasteiger partial charge on any atom is 0.224 e. The van der Waals surface area contributed by atoms with Crippen molar-refractivity contribution in [3.63, 3.8) is 0 Å². The van der Waals surface area contributed by atoms with E-state index in [1.165, 1.54) is 5.56 Å². The average molecular weight is 276 g/mol. The molecule has 110 valence electrons. The van der Waals surface area contributed by atoms with Gasteiger partial charge < -0.3 is 15.4 Å². The van der Waals surface area contributed by atoms with Crippen LogP contribution in [0.4, 0.5) is 0 Å². The van der Waals surface area contributed by atoms with Crippen molar-refractivity contribution in [2.75, 3.05) is 19.7 Å².